The van der Waals surface area contributed by atoms with Crippen molar-refractivity contribution in [2.24, 2.45) is 0 Å². The maximum atomic E-state index is 10.6. The highest BCUT2D eigenvalue weighted by Gasteiger charge is 2.05. The van der Waals surface area contributed by atoms with E-state index in [0.717, 1.165) is 57.6 Å². The molecular weight excluding hydrogens is 398 g/mol. The molecule has 0 aromatic heterocycles. The maximum Gasteiger partial charge on any atom is 0.269 e. The zero-order valence-electron chi connectivity index (χ0n) is 15.8. The summed E-state index contributed by atoms with van der Waals surface area (Å²) in [7, 11) is 10.1. The smallest absolute Gasteiger partial charge is 0.269 e. The number of non-ortho nitro benzene ring substituents is 1. The van der Waals surface area contributed by atoms with Crippen LogP contribution >= 0.6 is 28.2 Å². The molecule has 0 saturated heterocycles. The first-order chi connectivity index (χ1) is 13.0. The first-order valence-electron chi connectivity index (χ1n) is 9.26. The van der Waals surface area contributed by atoms with E-state index in [2.05, 4.69) is 47.8 Å². The van der Waals surface area contributed by atoms with E-state index in [9.17, 15) is 10.1 Å². The molecule has 1 rings (SSSR count). The molecule has 3 unspecified atom stereocenters. The Morgan fingerprint density at radius 1 is 0.926 bits per heavy atom. The molecule has 1 aromatic rings. The molecule has 151 valence electrons. The Morgan fingerprint density at radius 2 is 1.44 bits per heavy atom. The Morgan fingerprint density at radius 3 is 1.96 bits per heavy atom. The molecule has 2 N–H and O–H groups in total. The minimum Gasteiger partial charge on any atom is -0.356 e. The van der Waals surface area contributed by atoms with Gasteiger partial charge in [0, 0.05) is 38.3 Å². The summed E-state index contributed by atoms with van der Waals surface area (Å²) in [5.74, 6) is 0. The fourth-order valence-corrected chi connectivity index (χ4v) is 3.44. The zero-order chi connectivity index (χ0) is 19.9. The van der Waals surface area contributed by atoms with Crippen LogP contribution < -0.4 is 15.8 Å². The molecule has 0 aliphatic carbocycles. The first-order valence-corrected chi connectivity index (χ1v) is 10.9. The molecule has 0 aliphatic rings. The van der Waals surface area contributed by atoms with Crippen molar-refractivity contribution in [2.45, 2.75) is 25.7 Å². The quantitative estimate of drug-likeness (QED) is 0.136. The number of hydrogen-bond acceptors (Lipinski definition) is 6. The van der Waals surface area contributed by atoms with Crippen LogP contribution in [0.15, 0.2) is 24.3 Å². The van der Waals surface area contributed by atoms with Crippen LogP contribution in [0.4, 0.5) is 5.69 Å². The Labute approximate surface area is 171 Å². The van der Waals surface area contributed by atoms with Gasteiger partial charge in [0.05, 0.1) is 4.92 Å². The van der Waals surface area contributed by atoms with E-state index in [1.807, 2.05) is 7.41 Å². The van der Waals surface area contributed by atoms with E-state index in [1.54, 1.807) is 12.1 Å². The highest BCUT2D eigenvalue weighted by molar-refractivity contribution is 7.13. The monoisotopic (exact) mass is 430 g/mol. The topological polar surface area (TPSA) is 73.7 Å². The summed E-state index contributed by atoms with van der Waals surface area (Å²) < 4.78 is 4.60. The van der Waals surface area contributed by atoms with E-state index in [4.69, 9.17) is 0 Å². The van der Waals surface area contributed by atoms with Crippen molar-refractivity contribution in [2.75, 3.05) is 39.3 Å². The number of rotatable bonds is 16. The van der Waals surface area contributed by atoms with Gasteiger partial charge in [0.1, 0.15) is 0 Å². The molecule has 27 heavy (non-hydrogen) atoms. The minimum absolute atomic E-state index is 0.118. The third-order valence-electron chi connectivity index (χ3n) is 4.05. The number of unbranched alkanes of at least 4 members (excludes halogenated alkanes) is 1. The fourth-order valence-electron chi connectivity index (χ4n) is 2.50. The van der Waals surface area contributed by atoms with Gasteiger partial charge >= 0.3 is 0 Å². The number of nitrogens with zero attached hydrogens (tertiary/aromatic N) is 3. The van der Waals surface area contributed by atoms with Gasteiger partial charge in [-0.05, 0) is 38.8 Å². The average Bonchev–Trinajstić information content (AvgIpc) is 2.65. The molecule has 0 spiro atoms. The number of hydrogen-bond donors (Lipinski definition) is 2. The summed E-state index contributed by atoms with van der Waals surface area (Å²) in [6, 6.07) is 6.54. The highest BCUT2D eigenvalue weighted by atomic mass is 31.0. The highest BCUT2D eigenvalue weighted by Crippen LogP contribution is 2.07. The van der Waals surface area contributed by atoms with Gasteiger partial charge in [-0.3, -0.25) is 19.5 Å². The number of nitrogens with one attached hydrogen (secondary N) is 2. The Kier molecular flexibility index (Phi) is 14.5. The predicted octanol–water partition coefficient (Wildman–Crippen LogP) is 1.55. The van der Waals surface area contributed by atoms with Gasteiger partial charge in [0.15, 0.2) is 0 Å². The molecule has 0 aliphatic heterocycles. The van der Waals surface area contributed by atoms with Gasteiger partial charge in [-0.25, -0.2) is 0 Å². The Hall–Kier alpha value is -0.185. The molecule has 1 radical (unpaired) electrons. The van der Waals surface area contributed by atoms with Crippen molar-refractivity contribution in [3.8, 4) is 0 Å². The molecule has 0 bridgehead atoms. The van der Waals surface area contributed by atoms with Gasteiger partial charge in [-0.1, -0.05) is 45.8 Å². The molecule has 7 nitrogen and oxygen atoms in total. The van der Waals surface area contributed by atoms with Gasteiger partial charge in [0.25, 0.3) is 5.69 Å². The lowest BCUT2D eigenvalue weighted by Crippen LogP contribution is -2.32. The van der Waals surface area contributed by atoms with Crippen LogP contribution in [-0.4, -0.2) is 60.9 Å². The molecule has 0 saturated carbocycles. The van der Waals surface area contributed by atoms with Crippen molar-refractivity contribution in [1.82, 2.24) is 19.7 Å². The van der Waals surface area contributed by atoms with E-state index in [1.165, 1.54) is 25.0 Å². The predicted molar refractivity (Wildman–Crippen MR) is 125 cm³/mol. The second kappa shape index (κ2) is 15.7. The van der Waals surface area contributed by atoms with Crippen molar-refractivity contribution >= 4 is 46.7 Å². The molecule has 3 atom stereocenters. The van der Waals surface area contributed by atoms with Crippen LogP contribution in [0, 0.1) is 10.1 Å². The summed E-state index contributed by atoms with van der Waals surface area (Å²) >= 11 is 0. The minimum atomic E-state index is -0.384. The van der Waals surface area contributed by atoms with Crippen molar-refractivity contribution < 1.29 is 4.92 Å². The van der Waals surface area contributed by atoms with Crippen LogP contribution in [0.3, 0.4) is 0 Å². The second-order valence-electron chi connectivity index (χ2n) is 6.39. The molecule has 0 heterocycles. The van der Waals surface area contributed by atoms with Crippen LogP contribution in [0.5, 0.6) is 0 Å². The van der Waals surface area contributed by atoms with Crippen molar-refractivity contribution in [1.29, 1.82) is 0 Å². The molecule has 11 heteroatoms. The fraction of sp³-hybridized carbons (Fsp3) is 0.625. The van der Waals surface area contributed by atoms with E-state index >= 15 is 0 Å². The number of benzene rings is 1. The van der Waals surface area contributed by atoms with Crippen molar-refractivity contribution in [3.63, 3.8) is 0 Å². The Balaban J connectivity index is 1.99. The third kappa shape index (κ3) is 12.8. The summed E-state index contributed by atoms with van der Waals surface area (Å²) in [6.45, 7) is 6.24. The number of nitro benzene ring substituents is 1. The van der Waals surface area contributed by atoms with Crippen LogP contribution in [0.1, 0.15) is 25.7 Å². The lowest BCUT2D eigenvalue weighted by atomic mass is 9.83. The second-order valence-corrected chi connectivity index (χ2v) is 8.26. The molecule has 0 amide bonds. The van der Waals surface area contributed by atoms with Gasteiger partial charge in [-0.15, -0.1) is 0 Å². The maximum absolute atomic E-state index is 10.6. The van der Waals surface area contributed by atoms with Gasteiger partial charge in [0.2, 0.25) is 7.41 Å². The number of nitro groups is 1. The van der Waals surface area contributed by atoms with E-state index < -0.39 is 0 Å². The summed E-state index contributed by atoms with van der Waals surface area (Å²) in [4.78, 5) is 10.2. The van der Waals surface area contributed by atoms with E-state index in [-0.39, 0.29) is 10.6 Å². The standard InChI is InChI=1S/C16H32BN5O2P3/c23-22(24)16-7-5-15(6-8-16)17-18-9-3-13-20(26)11-1-2-12-21(27)14-4-10-19-25/h5-8,18-19H,1-4,9-14,25-27H2. The lowest BCUT2D eigenvalue weighted by molar-refractivity contribution is -0.384. The van der Waals surface area contributed by atoms with Gasteiger partial charge < -0.3 is 10.3 Å². The van der Waals surface area contributed by atoms with Gasteiger partial charge in [-0.2, -0.15) is 0 Å². The zero-order valence-corrected chi connectivity index (χ0v) is 19.3. The average molecular weight is 430 g/mol. The normalized spacial score (nSPS) is 11.3. The largest absolute Gasteiger partial charge is 0.356 e. The van der Waals surface area contributed by atoms with Crippen LogP contribution in [-0.2, 0) is 0 Å². The van der Waals surface area contributed by atoms with Crippen LogP contribution in [0.2, 0.25) is 0 Å². The molecular formula is C16H32BN5O2P3. The summed E-state index contributed by atoms with van der Waals surface area (Å²) in [6.07, 6.45) is 4.60. The summed E-state index contributed by atoms with van der Waals surface area (Å²) in [5, 5.41) is 17.0. The van der Waals surface area contributed by atoms with Crippen molar-refractivity contribution in [3.05, 3.63) is 34.4 Å². The Bertz CT molecular complexity index is 527. The lowest BCUT2D eigenvalue weighted by Gasteiger charge is -2.18. The summed E-state index contributed by atoms with van der Waals surface area (Å²) in [5.41, 5.74) is 1.06. The first kappa shape index (κ1) is 24.9. The molecule has 0 fully saturated rings. The van der Waals surface area contributed by atoms with Crippen LogP contribution in [0.25, 0.3) is 0 Å². The molecule has 1 aromatic carbocycles. The van der Waals surface area contributed by atoms with E-state index in [0.29, 0.717) is 0 Å². The SMILES string of the molecule is O=[N+]([O-])c1ccc([B]NCCCN(P)CCCCN(P)CCCNP)cc1. The third-order valence-corrected chi connectivity index (χ3v) is 5.37.